The lowest BCUT2D eigenvalue weighted by molar-refractivity contribution is 0.0521. The minimum atomic E-state index is -0.517. The van der Waals surface area contributed by atoms with Crippen LogP contribution in [-0.4, -0.2) is 37.1 Å². The van der Waals surface area contributed by atoms with Gasteiger partial charge in [-0.1, -0.05) is 30.3 Å². The summed E-state index contributed by atoms with van der Waals surface area (Å²) in [7, 11) is 1.71. The van der Waals surface area contributed by atoms with E-state index >= 15 is 0 Å². The maximum absolute atomic E-state index is 11.8. The van der Waals surface area contributed by atoms with Gasteiger partial charge in [0, 0.05) is 19.5 Å². The van der Waals surface area contributed by atoms with Gasteiger partial charge < -0.3 is 20.1 Å². The minimum absolute atomic E-state index is 0.0139. The number of carbonyl (C=O) groups is 1. The van der Waals surface area contributed by atoms with Crippen molar-refractivity contribution in [1.82, 2.24) is 10.6 Å². The van der Waals surface area contributed by atoms with E-state index < -0.39 is 11.7 Å². The summed E-state index contributed by atoms with van der Waals surface area (Å²) in [6.07, 6.45) is -0.440. The molecule has 0 fully saturated rings. The number of ether oxygens (including phenoxy) is 2. The molecule has 0 radical (unpaired) electrons. The SMILES string of the molecule is CNC(=S)OCC(CNC(=O)OC(C)(C)C)c1ccccc1. The van der Waals surface area contributed by atoms with Gasteiger partial charge >= 0.3 is 6.09 Å². The van der Waals surface area contributed by atoms with Crippen LogP contribution in [0.5, 0.6) is 0 Å². The molecule has 1 rings (SSSR count). The van der Waals surface area contributed by atoms with Crippen LogP contribution in [0.1, 0.15) is 32.3 Å². The summed E-state index contributed by atoms with van der Waals surface area (Å²) < 4.78 is 10.7. The van der Waals surface area contributed by atoms with Crippen molar-refractivity contribution in [3.8, 4) is 0 Å². The second kappa shape index (κ2) is 8.58. The first kappa shape index (κ1) is 18.2. The van der Waals surface area contributed by atoms with Crippen molar-refractivity contribution >= 4 is 23.5 Å². The van der Waals surface area contributed by atoms with Crippen molar-refractivity contribution in [2.45, 2.75) is 32.3 Å². The minimum Gasteiger partial charge on any atom is -0.470 e. The molecule has 1 amide bonds. The molecular formula is C16H24N2O3S. The average Bonchev–Trinajstić information content (AvgIpc) is 2.46. The third kappa shape index (κ3) is 7.26. The number of nitrogens with one attached hydrogen (secondary N) is 2. The second-order valence-corrected chi connectivity index (χ2v) is 6.21. The van der Waals surface area contributed by atoms with Crippen LogP contribution in [0.15, 0.2) is 30.3 Å². The molecule has 6 heteroatoms. The molecule has 0 saturated carbocycles. The molecule has 0 aromatic heterocycles. The van der Waals surface area contributed by atoms with Crippen molar-refractivity contribution in [2.75, 3.05) is 20.2 Å². The average molecular weight is 324 g/mol. The molecule has 0 aliphatic carbocycles. The molecule has 0 aliphatic heterocycles. The lowest BCUT2D eigenvalue weighted by Crippen LogP contribution is -2.36. The highest BCUT2D eigenvalue weighted by Gasteiger charge is 2.19. The predicted octanol–water partition coefficient (Wildman–Crippen LogP) is 2.82. The summed E-state index contributed by atoms with van der Waals surface area (Å²) in [6.45, 7) is 6.27. The number of hydrogen-bond donors (Lipinski definition) is 2. The van der Waals surface area contributed by atoms with E-state index in [1.807, 2.05) is 51.1 Å². The van der Waals surface area contributed by atoms with Crippen LogP contribution in [0.2, 0.25) is 0 Å². The summed E-state index contributed by atoms with van der Waals surface area (Å²) in [5, 5.41) is 5.87. The summed E-state index contributed by atoms with van der Waals surface area (Å²) in [6, 6.07) is 9.83. The zero-order chi connectivity index (χ0) is 16.6. The third-order valence-corrected chi connectivity index (χ3v) is 3.10. The zero-order valence-corrected chi connectivity index (χ0v) is 14.3. The molecule has 5 nitrogen and oxygen atoms in total. The van der Waals surface area contributed by atoms with Gasteiger partial charge in [-0.15, -0.1) is 0 Å². The Kier molecular flexibility index (Phi) is 7.11. The second-order valence-electron chi connectivity index (χ2n) is 5.84. The lowest BCUT2D eigenvalue weighted by atomic mass is 10.0. The Morgan fingerprint density at radius 1 is 1.27 bits per heavy atom. The molecule has 0 spiro atoms. The maximum atomic E-state index is 11.8. The highest BCUT2D eigenvalue weighted by molar-refractivity contribution is 7.80. The Bertz CT molecular complexity index is 486. The molecule has 1 unspecified atom stereocenters. The molecule has 0 saturated heterocycles. The zero-order valence-electron chi connectivity index (χ0n) is 13.5. The third-order valence-electron chi connectivity index (χ3n) is 2.78. The van der Waals surface area contributed by atoms with Gasteiger partial charge in [-0.05, 0) is 38.6 Å². The van der Waals surface area contributed by atoms with Gasteiger partial charge in [0.15, 0.2) is 0 Å². The van der Waals surface area contributed by atoms with E-state index in [0.717, 1.165) is 5.56 Å². The molecule has 1 aromatic carbocycles. The number of carbonyl (C=O) groups excluding carboxylic acids is 1. The standard InChI is InChI=1S/C16H24N2O3S/c1-16(2,3)21-14(19)18-10-13(11-20-15(22)17-4)12-8-6-5-7-9-12/h5-9,13H,10-11H2,1-4H3,(H,17,22)(H,18,19). The van der Waals surface area contributed by atoms with Gasteiger partial charge in [0.05, 0.1) is 6.61 Å². The van der Waals surface area contributed by atoms with Gasteiger partial charge in [-0.2, -0.15) is 0 Å². The molecular weight excluding hydrogens is 300 g/mol. The topological polar surface area (TPSA) is 59.6 Å². The molecule has 0 bridgehead atoms. The molecule has 0 aliphatic rings. The number of alkyl carbamates (subject to hydrolysis) is 1. The quantitative estimate of drug-likeness (QED) is 0.816. The first-order chi connectivity index (χ1) is 10.3. The van der Waals surface area contributed by atoms with Crippen LogP contribution in [0, 0.1) is 0 Å². The van der Waals surface area contributed by atoms with E-state index in [9.17, 15) is 4.79 Å². The fraction of sp³-hybridized carbons (Fsp3) is 0.500. The van der Waals surface area contributed by atoms with E-state index in [-0.39, 0.29) is 5.92 Å². The summed E-state index contributed by atoms with van der Waals surface area (Å²) >= 11 is 4.99. The number of amides is 1. The highest BCUT2D eigenvalue weighted by atomic mass is 32.1. The maximum Gasteiger partial charge on any atom is 0.407 e. The van der Waals surface area contributed by atoms with E-state index in [1.165, 1.54) is 0 Å². The molecule has 0 heterocycles. The molecule has 122 valence electrons. The van der Waals surface area contributed by atoms with Crippen LogP contribution >= 0.6 is 12.2 Å². The van der Waals surface area contributed by atoms with Crippen LogP contribution < -0.4 is 10.6 Å². The Morgan fingerprint density at radius 2 is 1.91 bits per heavy atom. The van der Waals surface area contributed by atoms with Crippen LogP contribution in [0.4, 0.5) is 4.79 Å². The number of thiocarbonyl (C=S) groups is 1. The van der Waals surface area contributed by atoms with Gasteiger partial charge in [0.2, 0.25) is 0 Å². The van der Waals surface area contributed by atoms with Crippen molar-refractivity contribution in [3.63, 3.8) is 0 Å². The van der Waals surface area contributed by atoms with E-state index in [2.05, 4.69) is 10.6 Å². The monoisotopic (exact) mass is 324 g/mol. The van der Waals surface area contributed by atoms with E-state index in [0.29, 0.717) is 18.3 Å². The van der Waals surface area contributed by atoms with E-state index in [4.69, 9.17) is 21.7 Å². The molecule has 2 N–H and O–H groups in total. The lowest BCUT2D eigenvalue weighted by Gasteiger charge is -2.22. The summed E-state index contributed by atoms with van der Waals surface area (Å²) in [5.41, 5.74) is 0.550. The van der Waals surface area contributed by atoms with E-state index in [1.54, 1.807) is 7.05 Å². The fourth-order valence-corrected chi connectivity index (χ4v) is 1.84. The summed E-state index contributed by atoms with van der Waals surface area (Å²) in [5.74, 6) is -0.0139. The molecule has 1 aromatic rings. The van der Waals surface area contributed by atoms with Crippen molar-refractivity contribution < 1.29 is 14.3 Å². The number of hydrogen-bond acceptors (Lipinski definition) is 4. The fourth-order valence-electron chi connectivity index (χ4n) is 1.77. The Balaban J connectivity index is 2.62. The number of rotatable bonds is 5. The van der Waals surface area contributed by atoms with Crippen molar-refractivity contribution in [3.05, 3.63) is 35.9 Å². The Labute approximate surface area is 137 Å². The van der Waals surface area contributed by atoms with Crippen molar-refractivity contribution in [1.29, 1.82) is 0 Å². The van der Waals surface area contributed by atoms with Gasteiger partial charge in [0.25, 0.3) is 5.17 Å². The Hall–Kier alpha value is -1.82. The van der Waals surface area contributed by atoms with Gasteiger partial charge in [-0.3, -0.25) is 0 Å². The van der Waals surface area contributed by atoms with Gasteiger partial charge in [0.1, 0.15) is 5.60 Å². The predicted molar refractivity (Wildman–Crippen MR) is 91.0 cm³/mol. The Morgan fingerprint density at radius 3 is 2.45 bits per heavy atom. The molecule has 1 atom stereocenters. The largest absolute Gasteiger partial charge is 0.470 e. The first-order valence-corrected chi connectivity index (χ1v) is 7.59. The molecule has 22 heavy (non-hydrogen) atoms. The summed E-state index contributed by atoms with van der Waals surface area (Å²) in [4.78, 5) is 11.8. The normalized spacial score (nSPS) is 12.2. The smallest absolute Gasteiger partial charge is 0.407 e. The van der Waals surface area contributed by atoms with Crippen LogP contribution in [-0.2, 0) is 9.47 Å². The first-order valence-electron chi connectivity index (χ1n) is 7.18. The van der Waals surface area contributed by atoms with Crippen molar-refractivity contribution in [2.24, 2.45) is 0 Å². The van der Waals surface area contributed by atoms with Gasteiger partial charge in [-0.25, -0.2) is 4.79 Å². The number of benzene rings is 1. The van der Waals surface area contributed by atoms with Crippen LogP contribution in [0.3, 0.4) is 0 Å². The highest BCUT2D eigenvalue weighted by Crippen LogP contribution is 2.16. The van der Waals surface area contributed by atoms with Crippen LogP contribution in [0.25, 0.3) is 0 Å².